The zero-order valence-electron chi connectivity index (χ0n) is 13.8. The molecule has 4 atom stereocenters. The molecule has 3 rings (SSSR count). The Morgan fingerprint density at radius 1 is 1.33 bits per heavy atom. The van der Waals surface area contributed by atoms with Crippen molar-refractivity contribution in [2.24, 2.45) is 17.8 Å². The Hall–Kier alpha value is -1.52. The van der Waals surface area contributed by atoms with Crippen molar-refractivity contribution in [1.82, 2.24) is 0 Å². The van der Waals surface area contributed by atoms with Gasteiger partial charge in [0, 0.05) is 5.02 Å². The van der Waals surface area contributed by atoms with Gasteiger partial charge in [-0.3, -0.25) is 9.59 Å². The highest BCUT2D eigenvalue weighted by Gasteiger charge is 2.57. The van der Waals surface area contributed by atoms with Crippen LogP contribution < -0.4 is 4.90 Å². The predicted molar refractivity (Wildman–Crippen MR) is 94.3 cm³/mol. The Morgan fingerprint density at radius 2 is 2.04 bits per heavy atom. The van der Waals surface area contributed by atoms with Crippen LogP contribution in [-0.2, 0) is 14.3 Å². The van der Waals surface area contributed by atoms with Crippen LogP contribution in [-0.4, -0.2) is 24.5 Å². The van der Waals surface area contributed by atoms with Gasteiger partial charge in [0.2, 0.25) is 5.91 Å². The standard InChI is InChI=1S/C18H19Cl2NO3/c1-4-24-18(23)15-14-9(2)7-10(3)16(15)21(17(14)22)13-6-5-11(19)8-12(13)20/h5-9,14-16H,4H2,1-3H3. The zero-order chi connectivity index (χ0) is 17.6. The molecule has 6 heteroatoms. The van der Waals surface area contributed by atoms with E-state index in [2.05, 4.69) is 6.08 Å². The molecule has 0 aromatic heterocycles. The van der Waals surface area contributed by atoms with Gasteiger partial charge in [0.25, 0.3) is 0 Å². The second-order valence-corrected chi connectivity index (χ2v) is 7.17. The van der Waals surface area contributed by atoms with E-state index in [1.54, 1.807) is 30.0 Å². The number of hydrogen-bond acceptors (Lipinski definition) is 3. The van der Waals surface area contributed by atoms with Gasteiger partial charge in [0.15, 0.2) is 0 Å². The molecular formula is C18H19Cl2NO3. The van der Waals surface area contributed by atoms with Crippen molar-refractivity contribution < 1.29 is 14.3 Å². The van der Waals surface area contributed by atoms with Gasteiger partial charge in [-0.1, -0.05) is 41.8 Å². The van der Waals surface area contributed by atoms with Crippen molar-refractivity contribution in [3.63, 3.8) is 0 Å². The monoisotopic (exact) mass is 367 g/mol. The smallest absolute Gasteiger partial charge is 0.312 e. The molecule has 0 spiro atoms. The van der Waals surface area contributed by atoms with E-state index in [1.165, 1.54) is 0 Å². The number of carbonyl (C=O) groups is 2. The largest absolute Gasteiger partial charge is 0.466 e. The van der Waals surface area contributed by atoms with E-state index >= 15 is 0 Å². The summed E-state index contributed by atoms with van der Waals surface area (Å²) in [5.41, 5.74) is 1.56. The maximum Gasteiger partial charge on any atom is 0.312 e. The number of amides is 1. The summed E-state index contributed by atoms with van der Waals surface area (Å²) in [6.45, 7) is 5.97. The molecule has 1 aliphatic heterocycles. The van der Waals surface area contributed by atoms with Crippen LogP contribution in [0, 0.1) is 17.8 Å². The van der Waals surface area contributed by atoms with Gasteiger partial charge in [0.05, 0.1) is 35.2 Å². The van der Waals surface area contributed by atoms with Gasteiger partial charge in [-0.2, -0.15) is 0 Å². The fraction of sp³-hybridized carbons (Fsp3) is 0.444. The fourth-order valence-electron chi connectivity index (χ4n) is 3.92. The van der Waals surface area contributed by atoms with Gasteiger partial charge in [-0.25, -0.2) is 0 Å². The molecule has 0 radical (unpaired) electrons. The summed E-state index contributed by atoms with van der Waals surface area (Å²) in [6.07, 6.45) is 2.06. The first-order valence-electron chi connectivity index (χ1n) is 7.99. The van der Waals surface area contributed by atoms with E-state index in [-0.39, 0.29) is 23.8 Å². The molecule has 1 amide bonds. The third kappa shape index (κ3) is 2.62. The summed E-state index contributed by atoms with van der Waals surface area (Å²) < 4.78 is 5.24. The van der Waals surface area contributed by atoms with E-state index in [4.69, 9.17) is 27.9 Å². The molecule has 2 bridgehead atoms. The second-order valence-electron chi connectivity index (χ2n) is 6.32. The SMILES string of the molecule is CCOC(=O)C1C2C(=O)N(c3ccc(Cl)cc3Cl)C1C(C)=CC2C. The summed E-state index contributed by atoms with van der Waals surface area (Å²) in [5, 5.41) is 0.896. The zero-order valence-corrected chi connectivity index (χ0v) is 15.3. The van der Waals surface area contributed by atoms with Crippen LogP contribution in [0.15, 0.2) is 29.8 Å². The average Bonchev–Trinajstić information content (AvgIpc) is 2.76. The van der Waals surface area contributed by atoms with Gasteiger partial charge < -0.3 is 9.64 Å². The minimum atomic E-state index is -0.510. The van der Waals surface area contributed by atoms with Crippen molar-refractivity contribution in [3.05, 3.63) is 39.9 Å². The van der Waals surface area contributed by atoms with E-state index in [1.807, 2.05) is 13.8 Å². The van der Waals surface area contributed by atoms with Crippen LogP contribution in [0.25, 0.3) is 0 Å². The van der Waals surface area contributed by atoms with Gasteiger partial charge in [0.1, 0.15) is 0 Å². The van der Waals surface area contributed by atoms with E-state index in [0.717, 1.165) is 5.57 Å². The lowest BCUT2D eigenvalue weighted by molar-refractivity contribution is -0.151. The lowest BCUT2D eigenvalue weighted by Gasteiger charge is -2.32. The van der Waals surface area contributed by atoms with Crippen LogP contribution in [0.3, 0.4) is 0 Å². The first kappa shape index (κ1) is 17.3. The van der Waals surface area contributed by atoms with E-state index in [9.17, 15) is 9.59 Å². The summed E-state index contributed by atoms with van der Waals surface area (Å²) in [7, 11) is 0. The van der Waals surface area contributed by atoms with Crippen molar-refractivity contribution >= 4 is 40.8 Å². The van der Waals surface area contributed by atoms with Gasteiger partial charge in [-0.15, -0.1) is 0 Å². The molecule has 4 unspecified atom stereocenters. The van der Waals surface area contributed by atoms with E-state index in [0.29, 0.717) is 22.3 Å². The Morgan fingerprint density at radius 3 is 2.67 bits per heavy atom. The van der Waals surface area contributed by atoms with Gasteiger partial charge >= 0.3 is 5.97 Å². The molecule has 1 aromatic rings. The number of hydrogen-bond donors (Lipinski definition) is 0. The first-order valence-corrected chi connectivity index (χ1v) is 8.75. The predicted octanol–water partition coefficient (Wildman–Crippen LogP) is 4.10. The number of ether oxygens (including phenoxy) is 1. The van der Waals surface area contributed by atoms with Crippen LogP contribution >= 0.6 is 23.2 Å². The molecule has 1 saturated heterocycles. The first-order chi connectivity index (χ1) is 11.4. The van der Waals surface area contributed by atoms with Crippen LogP contribution in [0.5, 0.6) is 0 Å². The van der Waals surface area contributed by atoms with E-state index < -0.39 is 11.8 Å². The minimum Gasteiger partial charge on any atom is -0.466 e. The van der Waals surface area contributed by atoms with Crippen molar-refractivity contribution in [1.29, 1.82) is 0 Å². The Kier molecular flexibility index (Phi) is 4.63. The summed E-state index contributed by atoms with van der Waals surface area (Å²) in [4.78, 5) is 27.3. The maximum absolute atomic E-state index is 13.1. The lowest BCUT2D eigenvalue weighted by Crippen LogP contribution is -2.40. The third-order valence-electron chi connectivity index (χ3n) is 4.81. The number of fused-ring (bicyclic) bond motifs is 2. The van der Waals surface area contributed by atoms with Gasteiger partial charge in [-0.05, 0) is 38.0 Å². The number of halogens is 2. The molecule has 24 heavy (non-hydrogen) atoms. The molecule has 1 heterocycles. The molecule has 0 saturated carbocycles. The number of rotatable bonds is 3. The highest BCUT2D eigenvalue weighted by atomic mass is 35.5. The third-order valence-corrected chi connectivity index (χ3v) is 5.35. The number of carbonyl (C=O) groups excluding carboxylic acids is 2. The van der Waals surface area contributed by atoms with Crippen molar-refractivity contribution in [2.75, 3.05) is 11.5 Å². The molecule has 1 aromatic carbocycles. The number of esters is 1. The van der Waals surface area contributed by atoms with Crippen LogP contribution in [0.1, 0.15) is 20.8 Å². The number of nitrogens with zero attached hydrogens (tertiary/aromatic N) is 1. The van der Waals surface area contributed by atoms with Crippen LogP contribution in [0.2, 0.25) is 10.0 Å². The Balaban J connectivity index is 2.10. The quantitative estimate of drug-likeness (QED) is 0.596. The Labute approximate surface area is 151 Å². The average molecular weight is 368 g/mol. The molecule has 0 N–H and O–H groups in total. The molecule has 1 fully saturated rings. The second kappa shape index (κ2) is 6.41. The molecular weight excluding hydrogens is 349 g/mol. The Bertz CT molecular complexity index is 731. The maximum atomic E-state index is 13.1. The normalized spacial score (nSPS) is 28.8. The fourth-order valence-corrected chi connectivity index (χ4v) is 4.42. The number of allylic oxidation sites excluding steroid dienone is 1. The highest BCUT2D eigenvalue weighted by Crippen LogP contribution is 2.48. The molecule has 128 valence electrons. The number of anilines is 1. The lowest BCUT2D eigenvalue weighted by atomic mass is 9.74. The highest BCUT2D eigenvalue weighted by molar-refractivity contribution is 6.37. The molecule has 2 aliphatic rings. The van der Waals surface area contributed by atoms with Crippen LogP contribution in [0.4, 0.5) is 5.69 Å². The van der Waals surface area contributed by atoms with Crippen molar-refractivity contribution in [2.45, 2.75) is 26.8 Å². The summed E-state index contributed by atoms with van der Waals surface area (Å²) >= 11 is 12.3. The number of benzene rings is 1. The topological polar surface area (TPSA) is 46.6 Å². The molecule has 1 aliphatic carbocycles. The molecule has 4 nitrogen and oxygen atoms in total. The van der Waals surface area contributed by atoms with Crippen molar-refractivity contribution in [3.8, 4) is 0 Å². The minimum absolute atomic E-state index is 0.0285. The summed E-state index contributed by atoms with van der Waals surface area (Å²) in [5.74, 6) is -1.39. The summed E-state index contributed by atoms with van der Waals surface area (Å²) in [6, 6.07) is 4.66.